The highest BCUT2D eigenvalue weighted by atomic mass is 19.4. The summed E-state index contributed by atoms with van der Waals surface area (Å²) in [4.78, 5) is 25.5. The van der Waals surface area contributed by atoms with E-state index in [1.165, 1.54) is 43.9 Å². The molecule has 0 spiro atoms. The average Bonchev–Trinajstić information content (AvgIpc) is 3.06. The van der Waals surface area contributed by atoms with Gasteiger partial charge in [-0.25, -0.2) is 0 Å². The van der Waals surface area contributed by atoms with Crippen molar-refractivity contribution in [3.8, 4) is 5.75 Å². The average molecular weight is 503 g/mol. The van der Waals surface area contributed by atoms with Crippen molar-refractivity contribution in [3.63, 3.8) is 0 Å². The number of aliphatic hydroxyl groups excluding tert-OH is 1. The highest BCUT2D eigenvalue weighted by Crippen LogP contribution is 2.38. The van der Waals surface area contributed by atoms with E-state index < -0.39 is 40.4 Å². The van der Waals surface area contributed by atoms with Crippen LogP contribution in [-0.2, 0) is 22.2 Å². The van der Waals surface area contributed by atoms with Gasteiger partial charge >= 0.3 is 6.18 Å². The summed E-state index contributed by atoms with van der Waals surface area (Å²) in [5.74, 6) is -1.93. The first-order chi connectivity index (χ1) is 17.0. The van der Waals surface area contributed by atoms with Gasteiger partial charge in [0.1, 0.15) is 17.1 Å². The van der Waals surface area contributed by atoms with E-state index in [2.05, 4.69) is 10.6 Å². The summed E-state index contributed by atoms with van der Waals surface area (Å²) in [5, 5.41) is 16.0. The lowest BCUT2D eigenvalue weighted by Crippen LogP contribution is -2.43. The Balaban J connectivity index is 1.51. The van der Waals surface area contributed by atoms with Gasteiger partial charge in [-0.1, -0.05) is 37.5 Å². The standard InChI is InChI=1S/C27H29F3N2O4/c1-26(15-16-8-13-21(36-2)20(14-16)27(28,29)30)23(33)22(25(35)32-26)24(34)31-19-11-9-18(10-12-19)17-6-4-3-5-7-17/h8-14,17,33H,3-7,15H2,1-2H3,(H,31,34)(H,32,35). The van der Waals surface area contributed by atoms with Gasteiger partial charge in [0.25, 0.3) is 11.8 Å². The van der Waals surface area contributed by atoms with Crippen molar-refractivity contribution < 1.29 is 32.6 Å². The number of methoxy groups -OCH3 is 1. The Bertz CT molecular complexity index is 1180. The quantitative estimate of drug-likeness (QED) is 0.446. The van der Waals surface area contributed by atoms with Crippen molar-refractivity contribution in [3.05, 3.63) is 70.5 Å². The SMILES string of the molecule is COc1ccc(CC2(C)NC(=O)C(C(=O)Nc3ccc(C4CCCCC4)cc3)=C2O)cc1C(F)(F)F. The van der Waals surface area contributed by atoms with Crippen LogP contribution in [0.1, 0.15) is 61.6 Å². The molecule has 6 nitrogen and oxygen atoms in total. The van der Waals surface area contributed by atoms with Gasteiger partial charge in [-0.05, 0) is 61.1 Å². The van der Waals surface area contributed by atoms with Crippen LogP contribution >= 0.6 is 0 Å². The molecule has 4 rings (SSSR count). The number of hydrogen-bond acceptors (Lipinski definition) is 4. The van der Waals surface area contributed by atoms with Crippen LogP contribution in [0.25, 0.3) is 0 Å². The summed E-state index contributed by atoms with van der Waals surface area (Å²) < 4.78 is 45.0. The predicted molar refractivity (Wildman–Crippen MR) is 129 cm³/mol. The van der Waals surface area contributed by atoms with Crippen molar-refractivity contribution in [2.45, 2.75) is 63.1 Å². The van der Waals surface area contributed by atoms with Gasteiger partial charge in [0.15, 0.2) is 0 Å². The molecule has 1 heterocycles. The highest BCUT2D eigenvalue weighted by molar-refractivity contribution is 6.24. The maximum atomic E-state index is 13.4. The number of ether oxygens (including phenoxy) is 1. The number of hydrogen-bond donors (Lipinski definition) is 3. The number of rotatable bonds is 6. The van der Waals surface area contributed by atoms with Crippen LogP contribution in [0.4, 0.5) is 18.9 Å². The molecule has 2 aromatic carbocycles. The van der Waals surface area contributed by atoms with Crippen LogP contribution in [0.2, 0.25) is 0 Å². The topological polar surface area (TPSA) is 87.7 Å². The van der Waals surface area contributed by atoms with Crippen LogP contribution in [0.15, 0.2) is 53.8 Å². The second kappa shape index (κ2) is 9.87. The van der Waals surface area contributed by atoms with Gasteiger partial charge in [0.2, 0.25) is 0 Å². The Labute approximate surface area is 207 Å². The second-order valence-electron chi connectivity index (χ2n) is 9.63. The number of halogens is 3. The molecule has 2 aromatic rings. The van der Waals surface area contributed by atoms with E-state index in [1.807, 2.05) is 12.1 Å². The number of benzene rings is 2. The smallest absolute Gasteiger partial charge is 0.419 e. The normalized spacial score (nSPS) is 20.9. The molecule has 1 atom stereocenters. The van der Waals surface area contributed by atoms with Gasteiger partial charge < -0.3 is 20.5 Å². The Morgan fingerprint density at radius 1 is 1.14 bits per heavy atom. The minimum absolute atomic E-state index is 0.162. The third-order valence-corrected chi connectivity index (χ3v) is 6.98. The molecule has 1 aliphatic carbocycles. The van der Waals surface area contributed by atoms with E-state index in [-0.39, 0.29) is 17.7 Å². The zero-order chi connectivity index (χ0) is 26.1. The lowest BCUT2D eigenvalue weighted by molar-refractivity contribution is -0.138. The summed E-state index contributed by atoms with van der Waals surface area (Å²) in [7, 11) is 1.14. The first kappa shape index (κ1) is 25.6. The minimum atomic E-state index is -4.64. The molecule has 2 aliphatic rings. The highest BCUT2D eigenvalue weighted by Gasteiger charge is 2.45. The van der Waals surface area contributed by atoms with E-state index in [9.17, 15) is 27.9 Å². The molecule has 1 unspecified atom stereocenters. The zero-order valence-electron chi connectivity index (χ0n) is 20.2. The molecule has 3 N–H and O–H groups in total. The number of carbonyl (C=O) groups excluding carboxylic acids is 2. The summed E-state index contributed by atoms with van der Waals surface area (Å²) in [6.07, 6.45) is 1.15. The van der Waals surface area contributed by atoms with Crippen molar-refractivity contribution in [1.29, 1.82) is 0 Å². The van der Waals surface area contributed by atoms with Crippen molar-refractivity contribution in [2.75, 3.05) is 12.4 Å². The predicted octanol–water partition coefficient (Wildman–Crippen LogP) is 5.64. The molecule has 2 amide bonds. The van der Waals surface area contributed by atoms with Gasteiger partial charge in [0, 0.05) is 12.1 Å². The van der Waals surface area contributed by atoms with E-state index in [0.717, 1.165) is 26.0 Å². The number of anilines is 1. The first-order valence-electron chi connectivity index (χ1n) is 11.9. The lowest BCUT2D eigenvalue weighted by Gasteiger charge is -2.25. The molecule has 0 saturated heterocycles. The molecule has 36 heavy (non-hydrogen) atoms. The van der Waals surface area contributed by atoms with Crippen molar-refractivity contribution in [2.24, 2.45) is 0 Å². The molecule has 1 fully saturated rings. The number of alkyl halides is 3. The maximum absolute atomic E-state index is 13.4. The maximum Gasteiger partial charge on any atom is 0.419 e. The van der Waals surface area contributed by atoms with Gasteiger partial charge in [-0.2, -0.15) is 13.2 Å². The largest absolute Gasteiger partial charge is 0.509 e. The summed E-state index contributed by atoms with van der Waals surface area (Å²) in [6, 6.07) is 11.0. The van der Waals surface area contributed by atoms with Crippen molar-refractivity contribution in [1.82, 2.24) is 5.32 Å². The molecular formula is C27H29F3N2O4. The minimum Gasteiger partial charge on any atom is -0.509 e. The number of nitrogens with one attached hydrogen (secondary N) is 2. The molecule has 0 bridgehead atoms. The summed E-state index contributed by atoms with van der Waals surface area (Å²) >= 11 is 0. The summed E-state index contributed by atoms with van der Waals surface area (Å²) in [6.45, 7) is 1.46. The van der Waals surface area contributed by atoms with Gasteiger partial charge in [-0.3, -0.25) is 9.59 Å². The molecule has 192 valence electrons. The van der Waals surface area contributed by atoms with Crippen LogP contribution in [0, 0.1) is 0 Å². The Morgan fingerprint density at radius 3 is 2.42 bits per heavy atom. The summed E-state index contributed by atoms with van der Waals surface area (Å²) in [5.41, 5.74) is -0.985. The molecular weight excluding hydrogens is 473 g/mol. The van der Waals surface area contributed by atoms with Crippen LogP contribution in [0.5, 0.6) is 5.75 Å². The molecule has 9 heteroatoms. The fourth-order valence-corrected chi connectivity index (χ4v) is 5.06. The number of aliphatic hydroxyl groups is 1. The van der Waals surface area contributed by atoms with E-state index in [0.29, 0.717) is 11.6 Å². The third kappa shape index (κ3) is 5.20. The van der Waals surface area contributed by atoms with E-state index in [1.54, 1.807) is 12.1 Å². The van der Waals surface area contributed by atoms with Gasteiger partial charge in [-0.15, -0.1) is 0 Å². The fourth-order valence-electron chi connectivity index (χ4n) is 5.06. The lowest BCUT2D eigenvalue weighted by atomic mass is 9.84. The van der Waals surface area contributed by atoms with Crippen LogP contribution in [0.3, 0.4) is 0 Å². The van der Waals surface area contributed by atoms with Crippen LogP contribution in [-0.4, -0.2) is 29.6 Å². The Kier molecular flexibility index (Phi) is 7.02. The fraction of sp³-hybridized carbons (Fsp3) is 0.407. The van der Waals surface area contributed by atoms with Gasteiger partial charge in [0.05, 0.1) is 18.2 Å². The first-order valence-corrected chi connectivity index (χ1v) is 11.9. The Hall–Kier alpha value is -3.49. The third-order valence-electron chi connectivity index (χ3n) is 6.98. The number of amides is 2. The van der Waals surface area contributed by atoms with E-state index >= 15 is 0 Å². The van der Waals surface area contributed by atoms with Crippen LogP contribution < -0.4 is 15.4 Å². The monoisotopic (exact) mass is 502 g/mol. The Morgan fingerprint density at radius 2 is 1.81 bits per heavy atom. The number of carbonyl (C=O) groups is 2. The molecule has 1 aliphatic heterocycles. The molecule has 1 saturated carbocycles. The molecule has 0 aromatic heterocycles. The molecule has 0 radical (unpaired) electrons. The van der Waals surface area contributed by atoms with Crippen molar-refractivity contribution >= 4 is 17.5 Å². The zero-order valence-corrected chi connectivity index (χ0v) is 20.2. The second-order valence-corrected chi connectivity index (χ2v) is 9.63. The van der Waals surface area contributed by atoms with E-state index in [4.69, 9.17) is 4.74 Å².